The van der Waals surface area contributed by atoms with Crippen LogP contribution in [-0.4, -0.2) is 38.6 Å². The highest BCUT2D eigenvalue weighted by Crippen LogP contribution is 2.17. The van der Waals surface area contributed by atoms with E-state index in [1.54, 1.807) is 0 Å². The van der Waals surface area contributed by atoms with Crippen LogP contribution in [0.1, 0.15) is 25.7 Å². The lowest BCUT2D eigenvalue weighted by atomic mass is 10.2. The summed E-state index contributed by atoms with van der Waals surface area (Å²) in [7, 11) is 0. The highest BCUT2D eigenvalue weighted by molar-refractivity contribution is 4.68. The Hall–Kier alpha value is -0.160. The van der Waals surface area contributed by atoms with E-state index in [4.69, 9.17) is 19.2 Å². The first-order valence-corrected chi connectivity index (χ1v) is 5.43. The maximum atomic E-state index is 5.12. The number of ether oxygens (including phenoxy) is 2. The lowest BCUT2D eigenvalue weighted by Gasteiger charge is -2.01. The van der Waals surface area contributed by atoms with Gasteiger partial charge in [0.05, 0.1) is 25.9 Å². The molecule has 2 saturated heterocycles. The van der Waals surface area contributed by atoms with E-state index < -0.39 is 0 Å². The summed E-state index contributed by atoms with van der Waals surface area (Å²) in [5, 5.41) is 0. The van der Waals surface area contributed by atoms with Crippen LogP contribution in [0.25, 0.3) is 0 Å². The van der Waals surface area contributed by atoms with E-state index in [1.165, 1.54) is 19.3 Å². The van der Waals surface area contributed by atoms with Gasteiger partial charge in [0.25, 0.3) is 0 Å². The third-order valence-corrected chi connectivity index (χ3v) is 2.40. The lowest BCUT2D eigenvalue weighted by molar-refractivity contribution is -0.296. The predicted octanol–water partition coefficient (Wildman–Crippen LogP) is 1.29. The van der Waals surface area contributed by atoms with E-state index in [0.29, 0.717) is 25.4 Å². The van der Waals surface area contributed by atoms with Crippen LogP contribution in [0.5, 0.6) is 0 Å². The molecule has 0 aliphatic carbocycles. The molecule has 0 aromatic rings. The molecule has 14 heavy (non-hydrogen) atoms. The van der Waals surface area contributed by atoms with Gasteiger partial charge in [0.2, 0.25) is 0 Å². The fourth-order valence-corrected chi connectivity index (χ4v) is 1.29. The van der Waals surface area contributed by atoms with Crippen LogP contribution in [0.3, 0.4) is 0 Å². The fourth-order valence-electron chi connectivity index (χ4n) is 1.29. The Bertz CT molecular complexity index is 136. The molecule has 2 atom stereocenters. The molecule has 82 valence electrons. The number of hydrogen-bond donors (Lipinski definition) is 0. The second-order valence-electron chi connectivity index (χ2n) is 3.87. The molecule has 4 heteroatoms. The van der Waals surface area contributed by atoms with Gasteiger partial charge >= 0.3 is 0 Å². The van der Waals surface area contributed by atoms with Crippen molar-refractivity contribution in [2.24, 2.45) is 0 Å². The second-order valence-corrected chi connectivity index (χ2v) is 3.87. The number of rotatable bonds is 9. The number of epoxide rings is 2. The molecule has 2 rings (SSSR count). The van der Waals surface area contributed by atoms with Gasteiger partial charge in [0, 0.05) is 0 Å². The highest BCUT2D eigenvalue weighted by atomic mass is 17.2. The van der Waals surface area contributed by atoms with Crippen LogP contribution in [-0.2, 0) is 19.2 Å². The first kappa shape index (κ1) is 10.4. The molecule has 0 N–H and O–H groups in total. The summed E-state index contributed by atoms with van der Waals surface area (Å²) in [6.45, 7) is 3.07. The van der Waals surface area contributed by atoms with Crippen molar-refractivity contribution in [3.63, 3.8) is 0 Å². The zero-order valence-corrected chi connectivity index (χ0v) is 8.44. The van der Waals surface area contributed by atoms with Crippen molar-refractivity contribution < 1.29 is 19.2 Å². The predicted molar refractivity (Wildman–Crippen MR) is 49.9 cm³/mol. The zero-order valence-electron chi connectivity index (χ0n) is 8.44. The molecule has 2 heterocycles. The van der Waals surface area contributed by atoms with E-state index in [2.05, 4.69) is 0 Å². The van der Waals surface area contributed by atoms with E-state index in [9.17, 15) is 0 Å². The van der Waals surface area contributed by atoms with Gasteiger partial charge < -0.3 is 9.47 Å². The molecule has 2 aliphatic rings. The van der Waals surface area contributed by atoms with Crippen LogP contribution in [0, 0.1) is 0 Å². The summed E-state index contributed by atoms with van der Waals surface area (Å²) < 4.78 is 10.1. The minimum absolute atomic E-state index is 0.294. The van der Waals surface area contributed by atoms with Gasteiger partial charge in [-0.1, -0.05) is 12.8 Å². The molecule has 0 aromatic carbocycles. The van der Waals surface area contributed by atoms with Gasteiger partial charge in [0.15, 0.2) is 0 Å². The largest absolute Gasteiger partial charge is 0.373 e. The zero-order chi connectivity index (χ0) is 9.64. The molecule has 2 unspecified atom stereocenters. The van der Waals surface area contributed by atoms with Gasteiger partial charge in [-0.15, -0.1) is 0 Å². The topological polar surface area (TPSA) is 43.5 Å². The first-order chi connectivity index (χ1) is 6.95. The van der Waals surface area contributed by atoms with Gasteiger partial charge in [-0.25, -0.2) is 9.78 Å². The molecule has 0 amide bonds. The maximum absolute atomic E-state index is 5.12. The second kappa shape index (κ2) is 5.66. The summed E-state index contributed by atoms with van der Waals surface area (Å²) in [4.78, 5) is 9.94. The Morgan fingerprint density at radius 3 is 2.43 bits per heavy atom. The Morgan fingerprint density at radius 2 is 1.71 bits per heavy atom. The van der Waals surface area contributed by atoms with Gasteiger partial charge in [0.1, 0.15) is 12.7 Å². The molecule has 0 radical (unpaired) electrons. The smallest absolute Gasteiger partial charge is 0.111 e. The minimum Gasteiger partial charge on any atom is -0.373 e. The van der Waals surface area contributed by atoms with Crippen molar-refractivity contribution in [2.45, 2.75) is 37.9 Å². The monoisotopic (exact) mass is 202 g/mol. The quantitative estimate of drug-likeness (QED) is 0.244. The fraction of sp³-hybridized carbons (Fsp3) is 1.00. The van der Waals surface area contributed by atoms with Crippen LogP contribution in [0.15, 0.2) is 0 Å². The Balaban J connectivity index is 1.25. The standard InChI is InChI=1S/C10H18O4/c1(2-4-9-6-11-9)3-5-13-14-8-10-7-12-10/h9-10H,1-8H2. The van der Waals surface area contributed by atoms with Crippen LogP contribution in [0.2, 0.25) is 0 Å². The van der Waals surface area contributed by atoms with Crippen molar-refractivity contribution in [3.05, 3.63) is 0 Å². The molecule has 2 fully saturated rings. The van der Waals surface area contributed by atoms with E-state index >= 15 is 0 Å². The van der Waals surface area contributed by atoms with Crippen LogP contribution >= 0.6 is 0 Å². The molecular formula is C10H18O4. The summed E-state index contributed by atoms with van der Waals surface area (Å²) in [5.41, 5.74) is 0. The average Bonchev–Trinajstić information content (AvgIpc) is 3.00. The first-order valence-electron chi connectivity index (χ1n) is 5.43. The normalized spacial score (nSPS) is 29.1. The van der Waals surface area contributed by atoms with Crippen molar-refractivity contribution in [1.29, 1.82) is 0 Å². The van der Waals surface area contributed by atoms with Gasteiger partial charge in [-0.2, -0.15) is 0 Å². The van der Waals surface area contributed by atoms with Crippen molar-refractivity contribution >= 4 is 0 Å². The van der Waals surface area contributed by atoms with E-state index in [-0.39, 0.29) is 0 Å². The number of hydrogen-bond acceptors (Lipinski definition) is 4. The van der Waals surface area contributed by atoms with Crippen molar-refractivity contribution in [2.75, 3.05) is 26.4 Å². The van der Waals surface area contributed by atoms with Gasteiger partial charge in [-0.3, -0.25) is 0 Å². The van der Waals surface area contributed by atoms with E-state index in [1.807, 2.05) is 0 Å². The van der Waals surface area contributed by atoms with Crippen molar-refractivity contribution in [3.8, 4) is 0 Å². The van der Waals surface area contributed by atoms with Crippen LogP contribution < -0.4 is 0 Å². The summed E-state index contributed by atoms with van der Waals surface area (Å²) >= 11 is 0. The molecule has 4 nitrogen and oxygen atoms in total. The maximum Gasteiger partial charge on any atom is 0.111 e. The number of unbranched alkanes of at least 4 members (excludes halogenated alkanes) is 2. The third kappa shape index (κ3) is 4.91. The third-order valence-electron chi connectivity index (χ3n) is 2.40. The Labute approximate surface area is 84.4 Å². The molecule has 0 bridgehead atoms. The van der Waals surface area contributed by atoms with Gasteiger partial charge in [-0.05, 0) is 12.8 Å². The Kier molecular flexibility index (Phi) is 4.19. The Morgan fingerprint density at radius 1 is 0.929 bits per heavy atom. The molecule has 0 aromatic heterocycles. The minimum atomic E-state index is 0.294. The SMILES string of the molecule is C(CCOOCC1CO1)CCC1CO1. The molecule has 2 aliphatic heterocycles. The van der Waals surface area contributed by atoms with E-state index in [0.717, 1.165) is 19.6 Å². The summed E-state index contributed by atoms with van der Waals surface area (Å²) in [6, 6.07) is 0. The van der Waals surface area contributed by atoms with Crippen LogP contribution in [0.4, 0.5) is 0 Å². The molecular weight excluding hydrogens is 184 g/mol. The highest BCUT2D eigenvalue weighted by Gasteiger charge is 2.23. The van der Waals surface area contributed by atoms with Crippen molar-refractivity contribution in [1.82, 2.24) is 0 Å². The summed E-state index contributed by atoms with van der Waals surface area (Å²) in [6.07, 6.45) is 5.57. The molecule has 0 saturated carbocycles. The summed E-state index contributed by atoms with van der Waals surface area (Å²) in [5.74, 6) is 0. The average molecular weight is 202 g/mol. The molecule has 0 spiro atoms. The lowest BCUT2D eigenvalue weighted by Crippen LogP contribution is -2.03.